The maximum atomic E-state index is 12.9. The Bertz CT molecular complexity index is 821. The van der Waals surface area contributed by atoms with Crippen LogP contribution in [0, 0.1) is 5.82 Å². The number of hydrogen-bond acceptors (Lipinski definition) is 3. The first-order chi connectivity index (χ1) is 13.6. The molecule has 1 aliphatic heterocycles. The lowest BCUT2D eigenvalue weighted by Crippen LogP contribution is -2.56. The van der Waals surface area contributed by atoms with Gasteiger partial charge in [0, 0.05) is 26.2 Å². The van der Waals surface area contributed by atoms with E-state index >= 15 is 0 Å². The van der Waals surface area contributed by atoms with E-state index in [9.17, 15) is 14.0 Å². The Morgan fingerprint density at radius 3 is 2.68 bits per heavy atom. The van der Waals surface area contributed by atoms with Gasteiger partial charge in [0.2, 0.25) is 11.8 Å². The van der Waals surface area contributed by atoms with Crippen molar-refractivity contribution in [2.45, 2.75) is 19.0 Å². The third-order valence-electron chi connectivity index (χ3n) is 4.67. The predicted octanol–water partition coefficient (Wildman–Crippen LogP) is 2.35. The van der Waals surface area contributed by atoms with Crippen molar-refractivity contribution in [2.75, 3.05) is 19.6 Å². The maximum absolute atomic E-state index is 12.9. The fourth-order valence-corrected chi connectivity index (χ4v) is 3.14. The number of benzene rings is 2. The van der Waals surface area contributed by atoms with Crippen LogP contribution in [0.1, 0.15) is 17.5 Å². The van der Waals surface area contributed by atoms with Gasteiger partial charge in [-0.15, -0.1) is 0 Å². The van der Waals surface area contributed by atoms with Crippen molar-refractivity contribution in [2.24, 2.45) is 0 Å². The van der Waals surface area contributed by atoms with Crippen molar-refractivity contribution in [3.8, 4) is 0 Å². The molecule has 0 bridgehead atoms. The summed E-state index contributed by atoms with van der Waals surface area (Å²) in [5.41, 5.74) is 1.91. The quantitative estimate of drug-likeness (QED) is 0.774. The van der Waals surface area contributed by atoms with Gasteiger partial charge in [0.1, 0.15) is 5.82 Å². The minimum atomic E-state index is -0.498. The fourth-order valence-electron chi connectivity index (χ4n) is 3.14. The summed E-state index contributed by atoms with van der Waals surface area (Å²) in [6.45, 7) is 2.17. The molecule has 2 aromatic carbocycles. The fraction of sp³-hybridized carbons (Fsp3) is 0.273. The Morgan fingerprint density at radius 2 is 1.93 bits per heavy atom. The summed E-state index contributed by atoms with van der Waals surface area (Å²) in [4.78, 5) is 26.6. The van der Waals surface area contributed by atoms with Crippen LogP contribution in [0.5, 0.6) is 0 Å². The highest BCUT2D eigenvalue weighted by atomic mass is 19.1. The molecule has 1 fully saturated rings. The molecule has 2 N–H and O–H groups in total. The standard InChI is InChI=1S/C22H24FN3O2/c23-19-10-8-18(9-11-19)16-25-21(27)15-20-22(28)24-12-14-26(20)13-4-7-17-5-2-1-3-6-17/h1-11,20H,12-16H2,(H,24,28)(H,25,27)/b7-4+. The number of carbonyl (C=O) groups excluding carboxylic acids is 2. The highest BCUT2D eigenvalue weighted by Crippen LogP contribution is 2.11. The lowest BCUT2D eigenvalue weighted by Gasteiger charge is -2.33. The largest absolute Gasteiger partial charge is 0.353 e. The van der Waals surface area contributed by atoms with Gasteiger partial charge in [-0.1, -0.05) is 54.6 Å². The van der Waals surface area contributed by atoms with Crippen LogP contribution in [0.3, 0.4) is 0 Å². The van der Waals surface area contributed by atoms with Crippen LogP contribution in [0.15, 0.2) is 60.7 Å². The molecule has 0 saturated carbocycles. The molecule has 1 atom stereocenters. The first kappa shape index (κ1) is 19.8. The highest BCUT2D eigenvalue weighted by molar-refractivity contribution is 5.88. The van der Waals surface area contributed by atoms with E-state index in [0.29, 0.717) is 26.2 Å². The van der Waals surface area contributed by atoms with Crippen LogP contribution in [0.25, 0.3) is 6.08 Å². The number of halogens is 1. The lowest BCUT2D eigenvalue weighted by molar-refractivity contribution is -0.133. The minimum absolute atomic E-state index is 0.0895. The Balaban J connectivity index is 1.54. The van der Waals surface area contributed by atoms with Crippen LogP contribution >= 0.6 is 0 Å². The average molecular weight is 381 g/mol. The molecule has 0 aliphatic carbocycles. The second kappa shape index (κ2) is 9.80. The zero-order chi connectivity index (χ0) is 19.8. The molecule has 1 unspecified atom stereocenters. The topological polar surface area (TPSA) is 61.4 Å². The number of amides is 2. The first-order valence-corrected chi connectivity index (χ1v) is 9.36. The number of nitrogens with zero attached hydrogens (tertiary/aromatic N) is 1. The van der Waals surface area contributed by atoms with E-state index in [-0.39, 0.29) is 24.1 Å². The van der Waals surface area contributed by atoms with Gasteiger partial charge < -0.3 is 10.6 Å². The number of nitrogens with one attached hydrogen (secondary N) is 2. The Hall–Kier alpha value is -2.99. The molecule has 0 aromatic heterocycles. The van der Waals surface area contributed by atoms with Gasteiger partial charge in [-0.25, -0.2) is 4.39 Å². The van der Waals surface area contributed by atoms with E-state index in [1.807, 2.05) is 47.4 Å². The second-order valence-corrected chi connectivity index (χ2v) is 6.72. The monoisotopic (exact) mass is 381 g/mol. The molecule has 146 valence electrons. The summed E-state index contributed by atoms with van der Waals surface area (Å²) in [5.74, 6) is -0.646. The van der Waals surface area contributed by atoms with Crippen molar-refractivity contribution in [1.82, 2.24) is 15.5 Å². The van der Waals surface area contributed by atoms with E-state index in [0.717, 1.165) is 11.1 Å². The van der Waals surface area contributed by atoms with Gasteiger partial charge >= 0.3 is 0 Å². The molecular weight excluding hydrogens is 357 g/mol. The Labute approximate surface area is 164 Å². The van der Waals surface area contributed by atoms with E-state index in [1.165, 1.54) is 12.1 Å². The van der Waals surface area contributed by atoms with Gasteiger partial charge in [-0.2, -0.15) is 0 Å². The number of piperazine rings is 1. The molecule has 1 heterocycles. The maximum Gasteiger partial charge on any atom is 0.237 e. The molecule has 2 amide bonds. The highest BCUT2D eigenvalue weighted by Gasteiger charge is 2.30. The molecular formula is C22H24FN3O2. The summed E-state index contributed by atoms with van der Waals surface area (Å²) in [6.07, 6.45) is 4.11. The zero-order valence-corrected chi connectivity index (χ0v) is 15.6. The van der Waals surface area contributed by atoms with Crippen molar-refractivity contribution >= 4 is 17.9 Å². The van der Waals surface area contributed by atoms with Crippen LogP contribution in [0.2, 0.25) is 0 Å². The number of rotatable bonds is 7. The van der Waals surface area contributed by atoms with Crippen molar-refractivity contribution in [3.63, 3.8) is 0 Å². The number of carbonyl (C=O) groups is 2. The van der Waals surface area contributed by atoms with Crippen molar-refractivity contribution < 1.29 is 14.0 Å². The van der Waals surface area contributed by atoms with Gasteiger partial charge in [-0.3, -0.25) is 14.5 Å². The van der Waals surface area contributed by atoms with Gasteiger partial charge in [0.05, 0.1) is 12.5 Å². The summed E-state index contributed by atoms with van der Waals surface area (Å²) in [7, 11) is 0. The van der Waals surface area contributed by atoms with E-state index in [1.54, 1.807) is 12.1 Å². The molecule has 0 radical (unpaired) electrons. The molecule has 2 aromatic rings. The molecule has 6 heteroatoms. The Kier molecular flexibility index (Phi) is 6.92. The van der Waals surface area contributed by atoms with Gasteiger partial charge in [0.15, 0.2) is 0 Å². The SMILES string of the molecule is O=C(CC1C(=O)NCCN1C/C=C/c1ccccc1)NCc1ccc(F)cc1. The average Bonchev–Trinajstić information content (AvgIpc) is 2.71. The molecule has 1 aliphatic rings. The summed E-state index contributed by atoms with van der Waals surface area (Å²) in [6, 6.07) is 15.4. The third kappa shape index (κ3) is 5.76. The van der Waals surface area contributed by atoms with Gasteiger partial charge in [-0.05, 0) is 23.3 Å². The Morgan fingerprint density at radius 1 is 1.18 bits per heavy atom. The lowest BCUT2D eigenvalue weighted by atomic mass is 10.1. The van der Waals surface area contributed by atoms with Crippen LogP contribution in [-0.2, 0) is 16.1 Å². The van der Waals surface area contributed by atoms with E-state index in [2.05, 4.69) is 10.6 Å². The molecule has 0 spiro atoms. The summed E-state index contributed by atoms with van der Waals surface area (Å²) >= 11 is 0. The zero-order valence-electron chi connectivity index (χ0n) is 15.6. The van der Waals surface area contributed by atoms with Crippen molar-refractivity contribution in [1.29, 1.82) is 0 Å². The smallest absolute Gasteiger partial charge is 0.237 e. The first-order valence-electron chi connectivity index (χ1n) is 9.36. The van der Waals surface area contributed by atoms with Crippen LogP contribution in [-0.4, -0.2) is 42.4 Å². The van der Waals surface area contributed by atoms with Crippen LogP contribution in [0.4, 0.5) is 4.39 Å². The van der Waals surface area contributed by atoms with E-state index in [4.69, 9.17) is 0 Å². The summed E-state index contributed by atoms with van der Waals surface area (Å²) in [5, 5.41) is 5.63. The minimum Gasteiger partial charge on any atom is -0.353 e. The molecule has 3 rings (SSSR count). The number of hydrogen-bond donors (Lipinski definition) is 2. The van der Waals surface area contributed by atoms with Crippen molar-refractivity contribution in [3.05, 3.63) is 77.6 Å². The predicted molar refractivity (Wildman–Crippen MR) is 107 cm³/mol. The molecule has 5 nitrogen and oxygen atoms in total. The molecule has 1 saturated heterocycles. The van der Waals surface area contributed by atoms with E-state index < -0.39 is 6.04 Å². The van der Waals surface area contributed by atoms with Gasteiger partial charge in [0.25, 0.3) is 0 Å². The van der Waals surface area contributed by atoms with Crippen LogP contribution < -0.4 is 10.6 Å². The molecule has 28 heavy (non-hydrogen) atoms. The normalized spacial score (nSPS) is 17.5. The summed E-state index contributed by atoms with van der Waals surface area (Å²) < 4.78 is 12.9. The third-order valence-corrected chi connectivity index (χ3v) is 4.67. The second-order valence-electron chi connectivity index (χ2n) is 6.72.